The van der Waals surface area contributed by atoms with Crippen molar-refractivity contribution in [2.45, 2.75) is 20.8 Å². The quantitative estimate of drug-likeness (QED) is 0.597. The number of nitrogen functional groups attached to an aromatic ring is 1. The molecule has 0 fully saturated rings. The number of primary amides is 1. The van der Waals surface area contributed by atoms with E-state index < -0.39 is 5.91 Å². The Morgan fingerprint density at radius 1 is 1.35 bits per heavy atom. The third-order valence-electron chi connectivity index (χ3n) is 2.51. The zero-order valence-electron chi connectivity index (χ0n) is 11.9. The lowest BCUT2D eigenvalue weighted by atomic mass is 10.2. The molecule has 2 amide bonds. The Hall–Kier alpha value is -2.02. The molecule has 6 N–H and O–H groups in total. The van der Waals surface area contributed by atoms with E-state index in [1.54, 1.807) is 0 Å². The van der Waals surface area contributed by atoms with E-state index in [0.29, 0.717) is 23.0 Å². The van der Waals surface area contributed by atoms with E-state index in [4.69, 9.17) is 11.5 Å². The van der Waals surface area contributed by atoms with Gasteiger partial charge in [0.15, 0.2) is 0 Å². The Bertz CT molecular complexity index is 545. The van der Waals surface area contributed by atoms with E-state index in [9.17, 15) is 9.59 Å². The van der Waals surface area contributed by atoms with Crippen molar-refractivity contribution >= 4 is 33.8 Å². The normalized spacial score (nSPS) is 9.95. The average Bonchev–Trinajstić information content (AvgIpc) is 2.66. The molecule has 20 heavy (non-hydrogen) atoms. The van der Waals surface area contributed by atoms with Gasteiger partial charge in [0.25, 0.3) is 11.8 Å². The molecule has 1 aromatic rings. The van der Waals surface area contributed by atoms with Crippen LogP contribution in [0.1, 0.15) is 40.8 Å². The van der Waals surface area contributed by atoms with Crippen LogP contribution in [0.5, 0.6) is 0 Å². The summed E-state index contributed by atoms with van der Waals surface area (Å²) in [5.74, 6) is -0.943. The highest BCUT2D eigenvalue weighted by Gasteiger charge is 2.23. The molecule has 0 aromatic carbocycles. The molecule has 0 saturated carbocycles. The number of hydrogen-bond acceptors (Lipinski definition) is 5. The standard InChI is InChI=1S/C13H20N4O2S/c1-4-16-12(19)10-9(14)8(11(15)18)13(20-10)17-6-5-7(2)3/h5,17H,4,6,14H2,1-3H3,(H2,15,18)(H,16,19). The number of hydrogen-bond donors (Lipinski definition) is 4. The fourth-order valence-corrected chi connectivity index (χ4v) is 2.62. The molecule has 0 radical (unpaired) electrons. The summed E-state index contributed by atoms with van der Waals surface area (Å²) in [6, 6.07) is 0. The van der Waals surface area contributed by atoms with Gasteiger partial charge in [0.2, 0.25) is 0 Å². The first-order valence-electron chi connectivity index (χ1n) is 6.25. The highest BCUT2D eigenvalue weighted by Crippen LogP contribution is 2.35. The van der Waals surface area contributed by atoms with Crippen molar-refractivity contribution in [1.29, 1.82) is 0 Å². The molecular formula is C13H20N4O2S. The number of anilines is 2. The van der Waals surface area contributed by atoms with Crippen LogP contribution in [0.2, 0.25) is 0 Å². The Morgan fingerprint density at radius 2 is 2.00 bits per heavy atom. The van der Waals surface area contributed by atoms with E-state index >= 15 is 0 Å². The SMILES string of the molecule is CCNC(=O)c1sc(NCC=C(C)C)c(C(N)=O)c1N. The van der Waals surface area contributed by atoms with E-state index in [0.717, 1.165) is 16.9 Å². The van der Waals surface area contributed by atoms with E-state index in [-0.39, 0.29) is 17.2 Å². The smallest absolute Gasteiger partial charge is 0.263 e. The van der Waals surface area contributed by atoms with Crippen molar-refractivity contribution in [3.05, 3.63) is 22.1 Å². The number of nitrogens with one attached hydrogen (secondary N) is 2. The molecular weight excluding hydrogens is 276 g/mol. The van der Waals surface area contributed by atoms with E-state index in [1.807, 2.05) is 26.8 Å². The van der Waals surface area contributed by atoms with Crippen molar-refractivity contribution in [2.75, 3.05) is 24.1 Å². The minimum absolute atomic E-state index is 0.133. The molecule has 1 rings (SSSR count). The largest absolute Gasteiger partial charge is 0.397 e. The summed E-state index contributed by atoms with van der Waals surface area (Å²) in [5, 5.41) is 6.24. The summed E-state index contributed by atoms with van der Waals surface area (Å²) in [6.45, 7) is 6.78. The van der Waals surface area contributed by atoms with Gasteiger partial charge in [-0.05, 0) is 20.8 Å². The van der Waals surface area contributed by atoms with Crippen molar-refractivity contribution in [3.63, 3.8) is 0 Å². The molecule has 0 saturated heterocycles. The highest BCUT2D eigenvalue weighted by molar-refractivity contribution is 7.19. The second-order valence-electron chi connectivity index (χ2n) is 4.44. The summed E-state index contributed by atoms with van der Waals surface area (Å²) >= 11 is 1.14. The van der Waals surface area contributed by atoms with Crippen molar-refractivity contribution in [2.24, 2.45) is 5.73 Å². The lowest BCUT2D eigenvalue weighted by molar-refractivity contribution is 0.0960. The third kappa shape index (κ3) is 3.74. The summed E-state index contributed by atoms with van der Waals surface area (Å²) in [6.07, 6.45) is 1.96. The van der Waals surface area contributed by atoms with Gasteiger partial charge < -0.3 is 22.1 Å². The van der Waals surface area contributed by atoms with Crippen LogP contribution in [0.3, 0.4) is 0 Å². The van der Waals surface area contributed by atoms with Gasteiger partial charge >= 0.3 is 0 Å². The van der Waals surface area contributed by atoms with Gasteiger partial charge in [-0.2, -0.15) is 0 Å². The van der Waals surface area contributed by atoms with Gasteiger partial charge in [0.1, 0.15) is 9.88 Å². The molecule has 1 heterocycles. The van der Waals surface area contributed by atoms with Gasteiger partial charge in [0.05, 0.1) is 11.3 Å². The maximum Gasteiger partial charge on any atom is 0.263 e. The number of carbonyl (C=O) groups is 2. The number of rotatable bonds is 6. The molecule has 0 atom stereocenters. The molecule has 110 valence electrons. The first kappa shape index (κ1) is 16.0. The maximum atomic E-state index is 11.9. The van der Waals surface area contributed by atoms with Gasteiger partial charge in [-0.1, -0.05) is 11.6 Å². The number of amides is 2. The van der Waals surface area contributed by atoms with Crippen LogP contribution in [0.25, 0.3) is 0 Å². The number of nitrogens with two attached hydrogens (primary N) is 2. The van der Waals surface area contributed by atoms with Crippen LogP contribution in [0, 0.1) is 0 Å². The summed E-state index contributed by atoms with van der Waals surface area (Å²) in [5.41, 5.74) is 12.7. The Labute approximate surface area is 122 Å². The monoisotopic (exact) mass is 296 g/mol. The molecule has 0 aliphatic rings. The highest BCUT2D eigenvalue weighted by atomic mass is 32.1. The third-order valence-corrected chi connectivity index (χ3v) is 3.67. The minimum atomic E-state index is -0.644. The maximum absolute atomic E-state index is 11.9. The van der Waals surface area contributed by atoms with Crippen LogP contribution >= 0.6 is 11.3 Å². The van der Waals surface area contributed by atoms with Gasteiger partial charge in [-0.25, -0.2) is 0 Å². The fraction of sp³-hybridized carbons (Fsp3) is 0.385. The lowest BCUT2D eigenvalue weighted by Crippen LogP contribution is -2.23. The second kappa shape index (κ2) is 6.95. The summed E-state index contributed by atoms with van der Waals surface area (Å²) in [4.78, 5) is 23.7. The second-order valence-corrected chi connectivity index (χ2v) is 5.46. The lowest BCUT2D eigenvalue weighted by Gasteiger charge is -2.03. The zero-order chi connectivity index (χ0) is 15.3. The molecule has 1 aromatic heterocycles. The first-order chi connectivity index (χ1) is 9.38. The van der Waals surface area contributed by atoms with Crippen LogP contribution in [0.15, 0.2) is 11.6 Å². The molecule has 0 aliphatic carbocycles. The molecule has 7 heteroatoms. The Kier molecular flexibility index (Phi) is 5.57. The minimum Gasteiger partial charge on any atom is -0.397 e. The van der Waals surface area contributed by atoms with Crippen LogP contribution in [-0.2, 0) is 0 Å². The number of thiophene rings is 1. The van der Waals surface area contributed by atoms with Crippen LogP contribution < -0.4 is 22.1 Å². The average molecular weight is 296 g/mol. The van der Waals surface area contributed by atoms with Crippen molar-refractivity contribution in [3.8, 4) is 0 Å². The van der Waals surface area contributed by atoms with Crippen LogP contribution in [0.4, 0.5) is 10.7 Å². The first-order valence-corrected chi connectivity index (χ1v) is 7.07. The van der Waals surface area contributed by atoms with E-state index in [2.05, 4.69) is 10.6 Å². The Balaban J connectivity index is 3.10. The molecule has 0 bridgehead atoms. The van der Waals surface area contributed by atoms with Gasteiger partial charge in [-0.15, -0.1) is 11.3 Å². The van der Waals surface area contributed by atoms with E-state index in [1.165, 1.54) is 0 Å². The Morgan fingerprint density at radius 3 is 2.50 bits per heavy atom. The van der Waals surface area contributed by atoms with Crippen molar-refractivity contribution < 1.29 is 9.59 Å². The number of carbonyl (C=O) groups excluding carboxylic acids is 2. The van der Waals surface area contributed by atoms with Crippen molar-refractivity contribution in [1.82, 2.24) is 5.32 Å². The predicted octanol–water partition coefficient (Wildman–Crippen LogP) is 1.56. The molecule has 6 nitrogen and oxygen atoms in total. The van der Waals surface area contributed by atoms with Crippen LogP contribution in [-0.4, -0.2) is 24.9 Å². The topological polar surface area (TPSA) is 110 Å². The number of allylic oxidation sites excluding steroid dienone is 1. The summed E-state index contributed by atoms with van der Waals surface area (Å²) < 4.78 is 0. The molecule has 0 aliphatic heterocycles. The predicted molar refractivity (Wildman–Crippen MR) is 83.2 cm³/mol. The molecule has 0 unspecified atom stereocenters. The summed E-state index contributed by atoms with van der Waals surface area (Å²) in [7, 11) is 0. The van der Waals surface area contributed by atoms with Gasteiger partial charge in [0, 0.05) is 13.1 Å². The molecule has 0 spiro atoms. The zero-order valence-corrected chi connectivity index (χ0v) is 12.7. The fourth-order valence-electron chi connectivity index (χ4n) is 1.57. The van der Waals surface area contributed by atoms with Gasteiger partial charge in [-0.3, -0.25) is 9.59 Å².